The van der Waals surface area contributed by atoms with E-state index < -0.39 is 0 Å². The summed E-state index contributed by atoms with van der Waals surface area (Å²) in [6.45, 7) is 3.84. The Bertz CT molecular complexity index is 246. The van der Waals surface area contributed by atoms with Crippen molar-refractivity contribution in [1.29, 1.82) is 0 Å². The van der Waals surface area contributed by atoms with Gasteiger partial charge >= 0.3 is 0 Å². The molecule has 0 aromatic rings. The Morgan fingerprint density at radius 1 is 1.47 bits per heavy atom. The van der Waals surface area contributed by atoms with Crippen LogP contribution >= 0.6 is 0 Å². The molecule has 0 spiro atoms. The first-order valence-corrected chi connectivity index (χ1v) is 5.54. The predicted octanol–water partition coefficient (Wildman–Crippen LogP) is 1.43. The molecule has 2 N–H and O–H groups in total. The third-order valence-corrected chi connectivity index (χ3v) is 2.74. The van der Waals surface area contributed by atoms with Crippen LogP contribution in [0.5, 0.6) is 0 Å². The molecule has 0 heterocycles. The Labute approximate surface area is 92.6 Å². The average molecular weight is 210 g/mol. The van der Waals surface area contributed by atoms with Crippen molar-refractivity contribution in [3.8, 4) is 0 Å². The SMILES string of the molecule is CNC1=C(C)CC=CCC1NCCOC. The number of rotatable bonds is 5. The van der Waals surface area contributed by atoms with Crippen LogP contribution in [-0.2, 0) is 4.74 Å². The first-order valence-electron chi connectivity index (χ1n) is 5.54. The molecule has 0 aromatic heterocycles. The van der Waals surface area contributed by atoms with Crippen LogP contribution < -0.4 is 10.6 Å². The standard InChI is InChI=1S/C12H22N2O/c1-10-6-4-5-7-11(12(10)13-2)14-8-9-15-3/h4-5,11,13-14H,6-9H2,1-3H3. The highest BCUT2D eigenvalue weighted by Crippen LogP contribution is 2.17. The van der Waals surface area contributed by atoms with Crippen LogP contribution in [0, 0.1) is 0 Å². The van der Waals surface area contributed by atoms with Gasteiger partial charge in [-0.1, -0.05) is 12.2 Å². The summed E-state index contributed by atoms with van der Waals surface area (Å²) in [6.07, 6.45) is 6.60. The van der Waals surface area contributed by atoms with Crippen LogP contribution in [0.15, 0.2) is 23.4 Å². The lowest BCUT2D eigenvalue weighted by atomic mass is 10.1. The molecule has 1 atom stereocenters. The van der Waals surface area contributed by atoms with Crippen molar-refractivity contribution in [3.63, 3.8) is 0 Å². The Morgan fingerprint density at radius 2 is 2.27 bits per heavy atom. The molecule has 0 aliphatic heterocycles. The number of hydrogen-bond donors (Lipinski definition) is 2. The van der Waals surface area contributed by atoms with Gasteiger partial charge in [-0.2, -0.15) is 0 Å². The molecule has 3 nitrogen and oxygen atoms in total. The monoisotopic (exact) mass is 210 g/mol. The van der Waals surface area contributed by atoms with Gasteiger partial charge < -0.3 is 15.4 Å². The van der Waals surface area contributed by atoms with Gasteiger partial charge in [-0.15, -0.1) is 0 Å². The minimum Gasteiger partial charge on any atom is -0.390 e. The maximum Gasteiger partial charge on any atom is 0.0587 e. The third-order valence-electron chi connectivity index (χ3n) is 2.74. The summed E-state index contributed by atoms with van der Waals surface area (Å²) in [5.74, 6) is 0. The van der Waals surface area contributed by atoms with Gasteiger partial charge in [0.2, 0.25) is 0 Å². The van der Waals surface area contributed by atoms with E-state index in [0.29, 0.717) is 6.04 Å². The van der Waals surface area contributed by atoms with Gasteiger partial charge in [0.1, 0.15) is 0 Å². The molecule has 0 saturated carbocycles. The Kier molecular flexibility index (Phi) is 5.43. The lowest BCUT2D eigenvalue weighted by molar-refractivity contribution is 0.197. The molecular weight excluding hydrogens is 188 g/mol. The molecule has 3 heteroatoms. The summed E-state index contributed by atoms with van der Waals surface area (Å²) in [7, 11) is 3.73. The van der Waals surface area contributed by atoms with E-state index in [0.717, 1.165) is 26.0 Å². The molecule has 15 heavy (non-hydrogen) atoms. The van der Waals surface area contributed by atoms with Gasteiger partial charge in [0.05, 0.1) is 12.6 Å². The van der Waals surface area contributed by atoms with Crippen LogP contribution in [0.2, 0.25) is 0 Å². The van der Waals surface area contributed by atoms with Gasteiger partial charge in [0, 0.05) is 26.4 Å². The summed E-state index contributed by atoms with van der Waals surface area (Å²) in [6, 6.07) is 0.406. The van der Waals surface area contributed by atoms with Crippen LogP contribution in [0.1, 0.15) is 19.8 Å². The molecule has 0 saturated heterocycles. The number of hydrogen-bond acceptors (Lipinski definition) is 3. The lowest BCUT2D eigenvalue weighted by Gasteiger charge is -2.21. The fourth-order valence-electron chi connectivity index (χ4n) is 1.93. The van der Waals surface area contributed by atoms with E-state index in [4.69, 9.17) is 4.74 Å². The maximum absolute atomic E-state index is 5.04. The van der Waals surface area contributed by atoms with Gasteiger partial charge in [0.15, 0.2) is 0 Å². The molecule has 1 unspecified atom stereocenters. The predicted molar refractivity (Wildman–Crippen MR) is 63.8 cm³/mol. The van der Waals surface area contributed by atoms with E-state index in [1.807, 2.05) is 7.05 Å². The van der Waals surface area contributed by atoms with Crippen LogP contribution in [0.4, 0.5) is 0 Å². The molecule has 0 aromatic carbocycles. The molecule has 0 fully saturated rings. The van der Waals surface area contributed by atoms with Crippen molar-refractivity contribution < 1.29 is 4.74 Å². The second-order valence-corrected chi connectivity index (χ2v) is 3.85. The minimum atomic E-state index is 0.406. The zero-order valence-corrected chi connectivity index (χ0v) is 9.97. The highest BCUT2D eigenvalue weighted by molar-refractivity contribution is 5.22. The molecule has 86 valence electrons. The maximum atomic E-state index is 5.04. The van der Waals surface area contributed by atoms with Gasteiger partial charge in [-0.25, -0.2) is 0 Å². The van der Waals surface area contributed by atoms with E-state index in [9.17, 15) is 0 Å². The largest absolute Gasteiger partial charge is 0.390 e. The summed E-state index contributed by atoms with van der Waals surface area (Å²) in [5.41, 5.74) is 2.75. The molecule has 0 radical (unpaired) electrons. The smallest absolute Gasteiger partial charge is 0.0587 e. The summed E-state index contributed by atoms with van der Waals surface area (Å²) in [4.78, 5) is 0. The molecule has 1 aliphatic rings. The zero-order chi connectivity index (χ0) is 11.1. The van der Waals surface area contributed by atoms with Crippen LogP contribution in [0.3, 0.4) is 0 Å². The first kappa shape index (κ1) is 12.3. The van der Waals surface area contributed by atoms with Gasteiger partial charge in [-0.3, -0.25) is 0 Å². The normalized spacial score (nSPS) is 21.7. The number of methoxy groups -OCH3 is 1. The molecular formula is C12H22N2O. The first-order chi connectivity index (χ1) is 7.29. The van der Waals surface area contributed by atoms with E-state index in [-0.39, 0.29) is 0 Å². The van der Waals surface area contributed by atoms with Crippen molar-refractivity contribution in [2.24, 2.45) is 0 Å². The third kappa shape index (κ3) is 3.68. The highest BCUT2D eigenvalue weighted by Gasteiger charge is 2.15. The second kappa shape index (κ2) is 6.64. The van der Waals surface area contributed by atoms with E-state index in [2.05, 4.69) is 29.7 Å². The Morgan fingerprint density at radius 3 is 2.93 bits per heavy atom. The van der Waals surface area contributed by atoms with Gasteiger partial charge in [-0.05, 0) is 25.3 Å². The molecule has 1 rings (SSSR count). The molecule has 1 aliphatic carbocycles. The van der Waals surface area contributed by atoms with Crippen LogP contribution in [0.25, 0.3) is 0 Å². The Balaban J connectivity index is 2.58. The van der Waals surface area contributed by atoms with Crippen molar-refractivity contribution in [2.45, 2.75) is 25.8 Å². The second-order valence-electron chi connectivity index (χ2n) is 3.85. The number of nitrogens with one attached hydrogen (secondary N) is 2. The quantitative estimate of drug-likeness (QED) is 0.532. The summed E-state index contributed by atoms with van der Waals surface area (Å²) >= 11 is 0. The van der Waals surface area contributed by atoms with Crippen molar-refractivity contribution in [3.05, 3.63) is 23.4 Å². The van der Waals surface area contributed by atoms with Crippen molar-refractivity contribution in [2.75, 3.05) is 27.3 Å². The molecule has 0 bridgehead atoms. The minimum absolute atomic E-state index is 0.406. The summed E-state index contributed by atoms with van der Waals surface area (Å²) in [5, 5.41) is 6.80. The van der Waals surface area contributed by atoms with E-state index >= 15 is 0 Å². The average Bonchev–Trinajstić information content (AvgIpc) is 2.41. The van der Waals surface area contributed by atoms with E-state index in [1.165, 1.54) is 11.3 Å². The molecule has 0 amide bonds. The van der Waals surface area contributed by atoms with Crippen molar-refractivity contribution >= 4 is 0 Å². The highest BCUT2D eigenvalue weighted by atomic mass is 16.5. The van der Waals surface area contributed by atoms with Crippen molar-refractivity contribution in [1.82, 2.24) is 10.6 Å². The lowest BCUT2D eigenvalue weighted by Crippen LogP contribution is -2.37. The van der Waals surface area contributed by atoms with Crippen LogP contribution in [-0.4, -0.2) is 33.4 Å². The van der Waals surface area contributed by atoms with Gasteiger partial charge in [0.25, 0.3) is 0 Å². The summed E-state index contributed by atoms with van der Waals surface area (Å²) < 4.78 is 5.04. The Hall–Kier alpha value is -0.800. The fourth-order valence-corrected chi connectivity index (χ4v) is 1.93. The number of ether oxygens (including phenoxy) is 1. The number of likely N-dealkylation sites (N-methyl/N-ethyl adjacent to an activating group) is 1. The van der Waals surface area contributed by atoms with E-state index in [1.54, 1.807) is 7.11 Å². The fraction of sp³-hybridized carbons (Fsp3) is 0.667. The topological polar surface area (TPSA) is 33.3 Å². The zero-order valence-electron chi connectivity index (χ0n) is 9.97. The number of allylic oxidation sites excluding steroid dienone is 2.